The third-order valence-electron chi connectivity index (χ3n) is 4.52. The van der Waals surface area contributed by atoms with E-state index < -0.39 is 0 Å². The Bertz CT molecular complexity index is 722. The summed E-state index contributed by atoms with van der Waals surface area (Å²) in [7, 11) is 0. The number of amides is 1. The van der Waals surface area contributed by atoms with Gasteiger partial charge in [0.25, 0.3) is 0 Å². The molecule has 0 radical (unpaired) electrons. The summed E-state index contributed by atoms with van der Waals surface area (Å²) in [5, 5.41) is 3.06. The first kappa shape index (κ1) is 17.2. The maximum absolute atomic E-state index is 12.5. The molecular weight excluding hydrogens is 413 g/mol. The summed E-state index contributed by atoms with van der Waals surface area (Å²) in [6.45, 7) is 5.86. The topological polar surface area (TPSA) is 45.2 Å². The van der Waals surface area contributed by atoms with Crippen molar-refractivity contribution in [3.63, 3.8) is 0 Å². The molecule has 1 aromatic heterocycles. The minimum absolute atomic E-state index is 0.0747. The molecule has 0 unspecified atom stereocenters. The second-order valence-electron chi connectivity index (χ2n) is 6.41. The molecule has 1 saturated heterocycles. The molecule has 0 spiro atoms. The fourth-order valence-corrected chi connectivity index (χ4v) is 3.45. The Morgan fingerprint density at radius 1 is 1.21 bits per heavy atom. The molecule has 1 aromatic carbocycles. The predicted molar refractivity (Wildman–Crippen MR) is 106 cm³/mol. The van der Waals surface area contributed by atoms with Gasteiger partial charge in [0.05, 0.1) is 0 Å². The highest BCUT2D eigenvalue weighted by atomic mass is 127. The van der Waals surface area contributed by atoms with Gasteiger partial charge in [0.2, 0.25) is 5.91 Å². The molecule has 1 N–H and O–H groups in total. The molecule has 1 amide bonds. The van der Waals surface area contributed by atoms with Gasteiger partial charge in [-0.15, -0.1) is 0 Å². The van der Waals surface area contributed by atoms with Crippen LogP contribution in [0.2, 0.25) is 0 Å². The van der Waals surface area contributed by atoms with Gasteiger partial charge in [-0.05, 0) is 78.6 Å². The molecule has 0 bridgehead atoms. The van der Waals surface area contributed by atoms with E-state index in [1.165, 1.54) is 14.7 Å². The highest BCUT2D eigenvalue weighted by Crippen LogP contribution is 2.24. The molecule has 2 aromatic rings. The molecule has 5 heteroatoms. The van der Waals surface area contributed by atoms with E-state index in [2.05, 4.69) is 56.8 Å². The standard InChI is InChI=1S/C19H22IN3O/c1-13-3-6-18(21-12-13)23-9-7-15(8-10-23)19(24)22-16-5-4-14(2)17(20)11-16/h3-6,11-12,15H,7-10H2,1-2H3,(H,22,24). The number of aromatic nitrogens is 1. The van der Waals surface area contributed by atoms with Crippen molar-refractivity contribution in [1.82, 2.24) is 4.98 Å². The van der Waals surface area contributed by atoms with E-state index in [-0.39, 0.29) is 11.8 Å². The quantitative estimate of drug-likeness (QED) is 0.737. The molecule has 0 saturated carbocycles. The van der Waals surface area contributed by atoms with Gasteiger partial charge in [0.15, 0.2) is 0 Å². The molecule has 1 aliphatic rings. The lowest BCUT2D eigenvalue weighted by molar-refractivity contribution is -0.120. The van der Waals surface area contributed by atoms with Crippen LogP contribution < -0.4 is 10.2 Å². The van der Waals surface area contributed by atoms with Crippen molar-refractivity contribution in [3.05, 3.63) is 51.2 Å². The lowest BCUT2D eigenvalue weighted by Crippen LogP contribution is -2.38. The van der Waals surface area contributed by atoms with Gasteiger partial charge in [0.1, 0.15) is 5.82 Å². The Hall–Kier alpha value is -1.63. The van der Waals surface area contributed by atoms with E-state index in [9.17, 15) is 4.79 Å². The highest BCUT2D eigenvalue weighted by Gasteiger charge is 2.25. The number of piperidine rings is 1. The molecular formula is C19H22IN3O. The first-order chi connectivity index (χ1) is 11.5. The average molecular weight is 435 g/mol. The zero-order valence-electron chi connectivity index (χ0n) is 14.1. The van der Waals surface area contributed by atoms with Gasteiger partial charge in [-0.1, -0.05) is 12.1 Å². The molecule has 126 valence electrons. The molecule has 0 atom stereocenters. The summed E-state index contributed by atoms with van der Waals surface area (Å²) in [5.74, 6) is 1.21. The van der Waals surface area contributed by atoms with Gasteiger partial charge in [-0.3, -0.25) is 4.79 Å². The van der Waals surface area contributed by atoms with Crippen molar-refractivity contribution in [1.29, 1.82) is 0 Å². The van der Waals surface area contributed by atoms with Crippen molar-refractivity contribution in [2.24, 2.45) is 5.92 Å². The van der Waals surface area contributed by atoms with E-state index in [1.807, 2.05) is 31.3 Å². The van der Waals surface area contributed by atoms with Crippen LogP contribution in [0.25, 0.3) is 0 Å². The Labute approximate surface area is 156 Å². The monoisotopic (exact) mass is 435 g/mol. The molecule has 1 fully saturated rings. The van der Waals surface area contributed by atoms with Crippen LogP contribution in [0.15, 0.2) is 36.5 Å². The van der Waals surface area contributed by atoms with Gasteiger partial charge in [0, 0.05) is 34.5 Å². The van der Waals surface area contributed by atoms with Crippen LogP contribution in [-0.2, 0) is 4.79 Å². The predicted octanol–water partition coefficient (Wildman–Crippen LogP) is 4.16. The van der Waals surface area contributed by atoms with Crippen LogP contribution >= 0.6 is 22.6 Å². The Balaban J connectivity index is 1.56. The van der Waals surface area contributed by atoms with Crippen LogP contribution in [0.4, 0.5) is 11.5 Å². The molecule has 2 heterocycles. The van der Waals surface area contributed by atoms with Crippen molar-refractivity contribution < 1.29 is 4.79 Å². The van der Waals surface area contributed by atoms with Gasteiger partial charge >= 0.3 is 0 Å². The summed E-state index contributed by atoms with van der Waals surface area (Å²) in [4.78, 5) is 19.2. The number of hydrogen-bond donors (Lipinski definition) is 1. The number of benzene rings is 1. The Kier molecular flexibility index (Phi) is 5.38. The third-order valence-corrected chi connectivity index (χ3v) is 5.69. The van der Waals surface area contributed by atoms with Crippen LogP contribution in [0, 0.1) is 23.3 Å². The minimum atomic E-state index is 0.0747. The maximum Gasteiger partial charge on any atom is 0.227 e. The summed E-state index contributed by atoms with van der Waals surface area (Å²) >= 11 is 2.30. The van der Waals surface area contributed by atoms with E-state index in [1.54, 1.807) is 0 Å². The first-order valence-electron chi connectivity index (χ1n) is 8.27. The average Bonchev–Trinajstić information content (AvgIpc) is 2.59. The second-order valence-corrected chi connectivity index (χ2v) is 7.57. The number of carbonyl (C=O) groups is 1. The van der Waals surface area contributed by atoms with Crippen LogP contribution in [0.5, 0.6) is 0 Å². The fraction of sp³-hybridized carbons (Fsp3) is 0.368. The van der Waals surface area contributed by atoms with Gasteiger partial charge in [-0.2, -0.15) is 0 Å². The number of pyridine rings is 1. The number of nitrogens with zero attached hydrogens (tertiary/aromatic N) is 2. The Morgan fingerprint density at radius 2 is 1.96 bits per heavy atom. The van der Waals surface area contributed by atoms with Crippen LogP contribution in [-0.4, -0.2) is 24.0 Å². The molecule has 3 rings (SSSR count). The summed E-state index contributed by atoms with van der Waals surface area (Å²) in [5.41, 5.74) is 3.28. The lowest BCUT2D eigenvalue weighted by atomic mass is 9.95. The minimum Gasteiger partial charge on any atom is -0.357 e. The van der Waals surface area contributed by atoms with Crippen LogP contribution in [0.1, 0.15) is 24.0 Å². The van der Waals surface area contributed by atoms with Gasteiger partial charge in [-0.25, -0.2) is 4.98 Å². The third kappa shape index (κ3) is 4.06. The SMILES string of the molecule is Cc1ccc(N2CCC(C(=O)Nc3ccc(C)c(I)c3)CC2)nc1. The zero-order chi connectivity index (χ0) is 17.1. The zero-order valence-corrected chi connectivity index (χ0v) is 16.2. The van der Waals surface area contributed by atoms with Gasteiger partial charge < -0.3 is 10.2 Å². The summed E-state index contributed by atoms with van der Waals surface area (Å²) in [6, 6.07) is 10.2. The first-order valence-corrected chi connectivity index (χ1v) is 9.35. The smallest absolute Gasteiger partial charge is 0.227 e. The number of halogens is 1. The number of aryl methyl sites for hydroxylation is 2. The number of nitrogens with one attached hydrogen (secondary N) is 1. The second kappa shape index (κ2) is 7.51. The lowest BCUT2D eigenvalue weighted by Gasteiger charge is -2.32. The van der Waals surface area contributed by atoms with E-state index in [0.717, 1.165) is 37.4 Å². The van der Waals surface area contributed by atoms with Crippen molar-refractivity contribution in [2.45, 2.75) is 26.7 Å². The molecule has 4 nitrogen and oxygen atoms in total. The van der Waals surface area contributed by atoms with Crippen molar-refractivity contribution in [2.75, 3.05) is 23.3 Å². The van der Waals surface area contributed by atoms with Crippen molar-refractivity contribution in [3.8, 4) is 0 Å². The number of rotatable bonds is 3. The summed E-state index contributed by atoms with van der Waals surface area (Å²) < 4.78 is 1.17. The normalized spacial score (nSPS) is 15.4. The molecule has 24 heavy (non-hydrogen) atoms. The van der Waals surface area contributed by atoms with Crippen molar-refractivity contribution >= 4 is 40.0 Å². The molecule has 0 aliphatic carbocycles. The fourth-order valence-electron chi connectivity index (χ4n) is 2.93. The number of carbonyl (C=O) groups excluding carboxylic acids is 1. The maximum atomic E-state index is 12.5. The van der Waals surface area contributed by atoms with E-state index >= 15 is 0 Å². The van der Waals surface area contributed by atoms with Crippen LogP contribution in [0.3, 0.4) is 0 Å². The largest absolute Gasteiger partial charge is 0.357 e. The number of anilines is 2. The summed E-state index contributed by atoms with van der Waals surface area (Å²) in [6.07, 6.45) is 3.63. The highest BCUT2D eigenvalue weighted by molar-refractivity contribution is 14.1. The molecule has 1 aliphatic heterocycles. The number of hydrogen-bond acceptors (Lipinski definition) is 3. The Morgan fingerprint density at radius 3 is 2.58 bits per heavy atom. The van der Waals surface area contributed by atoms with E-state index in [0.29, 0.717) is 0 Å². The van der Waals surface area contributed by atoms with E-state index in [4.69, 9.17) is 0 Å².